The molecule has 0 aromatic heterocycles. The molecule has 2 nitrogen and oxygen atoms in total. The molecule has 0 bridgehead atoms. The van der Waals surface area contributed by atoms with E-state index in [0.717, 1.165) is 6.42 Å². The molecule has 0 aromatic carbocycles. The Morgan fingerprint density at radius 3 is 3.08 bits per heavy atom. The van der Waals surface area contributed by atoms with E-state index in [2.05, 4.69) is 9.73 Å². The fraction of sp³-hybridized carbons (Fsp3) is 0.444. The van der Waals surface area contributed by atoms with E-state index in [1.807, 2.05) is 13.0 Å². The van der Waals surface area contributed by atoms with Gasteiger partial charge >= 0.3 is 6.61 Å². The first kappa shape index (κ1) is 9.89. The molecule has 1 aliphatic rings. The number of aliphatic imine (C=N–C) groups is 1. The van der Waals surface area contributed by atoms with E-state index in [9.17, 15) is 8.78 Å². The first-order valence-electron chi connectivity index (χ1n) is 4.04. The molecule has 1 heterocycles. The van der Waals surface area contributed by atoms with Gasteiger partial charge in [0, 0.05) is 6.20 Å². The molecule has 0 fully saturated rings. The SMILES string of the molecule is CC1C=CC(OC(F)F)=N/C=C/C1. The van der Waals surface area contributed by atoms with E-state index in [0.29, 0.717) is 5.92 Å². The standard InChI is InChI=1S/C9H11F2NO/c1-7-3-2-6-12-8(5-4-7)13-9(10)11/h2,4-7,9H,3H2,1H3/b5-4?,6-2+,12-8?. The molecule has 0 spiro atoms. The summed E-state index contributed by atoms with van der Waals surface area (Å²) in [6, 6.07) is 0. The van der Waals surface area contributed by atoms with Crippen LogP contribution in [0.5, 0.6) is 0 Å². The molecule has 0 aromatic rings. The predicted octanol–water partition coefficient (Wildman–Crippen LogP) is 2.73. The molecule has 0 radical (unpaired) electrons. The summed E-state index contributed by atoms with van der Waals surface area (Å²) < 4.78 is 27.7. The van der Waals surface area contributed by atoms with Crippen molar-refractivity contribution in [2.45, 2.75) is 20.0 Å². The van der Waals surface area contributed by atoms with Crippen LogP contribution in [0, 0.1) is 5.92 Å². The van der Waals surface area contributed by atoms with Gasteiger partial charge in [-0.3, -0.25) is 0 Å². The molecule has 0 aliphatic carbocycles. The summed E-state index contributed by atoms with van der Waals surface area (Å²) in [5.74, 6) is 0.279. The van der Waals surface area contributed by atoms with Gasteiger partial charge < -0.3 is 4.74 Å². The van der Waals surface area contributed by atoms with Crippen LogP contribution in [0.15, 0.2) is 29.4 Å². The lowest BCUT2D eigenvalue weighted by molar-refractivity contribution is -0.0592. The molecule has 1 unspecified atom stereocenters. The van der Waals surface area contributed by atoms with E-state index in [1.165, 1.54) is 12.3 Å². The summed E-state index contributed by atoms with van der Waals surface area (Å²) in [4.78, 5) is 3.70. The second kappa shape index (κ2) is 4.74. The maximum Gasteiger partial charge on any atom is 0.388 e. The third-order valence-corrected chi connectivity index (χ3v) is 1.59. The Bertz CT molecular complexity index is 246. The normalized spacial score (nSPS) is 24.9. The van der Waals surface area contributed by atoms with Gasteiger partial charge in [0.05, 0.1) is 0 Å². The highest BCUT2D eigenvalue weighted by Crippen LogP contribution is 2.09. The molecule has 0 amide bonds. The van der Waals surface area contributed by atoms with Crippen molar-refractivity contribution in [2.24, 2.45) is 10.9 Å². The van der Waals surface area contributed by atoms with Gasteiger partial charge in [-0.1, -0.05) is 19.1 Å². The van der Waals surface area contributed by atoms with Gasteiger partial charge in [0.25, 0.3) is 0 Å². The molecule has 0 saturated heterocycles. The van der Waals surface area contributed by atoms with Crippen molar-refractivity contribution in [1.82, 2.24) is 0 Å². The Morgan fingerprint density at radius 1 is 1.62 bits per heavy atom. The van der Waals surface area contributed by atoms with Gasteiger partial charge in [-0.25, -0.2) is 4.99 Å². The van der Waals surface area contributed by atoms with E-state index in [-0.39, 0.29) is 5.90 Å². The summed E-state index contributed by atoms with van der Waals surface area (Å²) in [6.07, 6.45) is 7.44. The first-order valence-corrected chi connectivity index (χ1v) is 4.04. The van der Waals surface area contributed by atoms with Gasteiger partial charge in [-0.15, -0.1) is 0 Å². The Hall–Kier alpha value is -1.19. The maximum absolute atomic E-state index is 11.8. The summed E-state index contributed by atoms with van der Waals surface area (Å²) >= 11 is 0. The number of rotatable bonds is 1. The van der Waals surface area contributed by atoms with Gasteiger partial charge in [0.2, 0.25) is 5.90 Å². The van der Waals surface area contributed by atoms with Crippen molar-refractivity contribution < 1.29 is 13.5 Å². The fourth-order valence-electron chi connectivity index (χ4n) is 0.931. The molecule has 4 heteroatoms. The Balaban J connectivity index is 2.65. The van der Waals surface area contributed by atoms with Gasteiger partial charge in [0.15, 0.2) is 0 Å². The molecule has 1 aliphatic heterocycles. The number of ether oxygens (including phenoxy) is 1. The smallest absolute Gasteiger partial charge is 0.388 e. The van der Waals surface area contributed by atoms with E-state index in [1.54, 1.807) is 6.08 Å². The van der Waals surface area contributed by atoms with Crippen LogP contribution in [0.2, 0.25) is 0 Å². The Labute approximate surface area is 75.6 Å². The van der Waals surface area contributed by atoms with Gasteiger partial charge in [0.1, 0.15) is 0 Å². The number of alkyl halides is 2. The highest BCUT2D eigenvalue weighted by atomic mass is 19.3. The number of allylic oxidation sites excluding steroid dienone is 2. The molecule has 0 N–H and O–H groups in total. The highest BCUT2D eigenvalue weighted by molar-refractivity contribution is 5.88. The largest absolute Gasteiger partial charge is 0.417 e. The van der Waals surface area contributed by atoms with Crippen LogP contribution < -0.4 is 0 Å². The topological polar surface area (TPSA) is 21.6 Å². The summed E-state index contributed by atoms with van der Waals surface area (Å²) in [7, 11) is 0. The predicted molar refractivity (Wildman–Crippen MR) is 46.6 cm³/mol. The molecule has 1 atom stereocenters. The lowest BCUT2D eigenvalue weighted by Crippen LogP contribution is -2.07. The third kappa shape index (κ3) is 3.83. The Morgan fingerprint density at radius 2 is 2.38 bits per heavy atom. The summed E-state index contributed by atoms with van der Waals surface area (Å²) in [6.45, 7) is -0.821. The average Bonchev–Trinajstić information content (AvgIpc) is 2.03. The molecular formula is C9H11F2NO. The average molecular weight is 187 g/mol. The lowest BCUT2D eigenvalue weighted by atomic mass is 10.1. The van der Waals surface area contributed by atoms with Crippen LogP contribution in [-0.2, 0) is 4.74 Å². The zero-order chi connectivity index (χ0) is 9.68. The van der Waals surface area contributed by atoms with Crippen LogP contribution in [0.25, 0.3) is 0 Å². The van der Waals surface area contributed by atoms with Crippen molar-refractivity contribution >= 4 is 5.90 Å². The maximum atomic E-state index is 11.8. The van der Waals surface area contributed by atoms with Crippen molar-refractivity contribution in [3.63, 3.8) is 0 Å². The minimum atomic E-state index is -2.81. The van der Waals surface area contributed by atoms with Gasteiger partial charge in [-0.2, -0.15) is 8.78 Å². The highest BCUT2D eigenvalue weighted by Gasteiger charge is 2.06. The van der Waals surface area contributed by atoms with Crippen molar-refractivity contribution in [3.8, 4) is 0 Å². The first-order chi connectivity index (χ1) is 6.18. The monoisotopic (exact) mass is 187 g/mol. The minimum absolute atomic E-state index is 0.0437. The Kier molecular flexibility index (Phi) is 3.61. The molecule has 72 valence electrons. The quantitative estimate of drug-likeness (QED) is 0.618. The van der Waals surface area contributed by atoms with Crippen LogP contribution in [-0.4, -0.2) is 12.5 Å². The molecular weight excluding hydrogens is 176 g/mol. The van der Waals surface area contributed by atoms with E-state index in [4.69, 9.17) is 0 Å². The number of hydrogen-bond acceptors (Lipinski definition) is 2. The number of nitrogens with zero attached hydrogens (tertiary/aromatic N) is 1. The number of hydrogen-bond donors (Lipinski definition) is 0. The molecule has 1 rings (SSSR count). The van der Waals surface area contributed by atoms with Crippen LogP contribution in [0.3, 0.4) is 0 Å². The van der Waals surface area contributed by atoms with Crippen LogP contribution in [0.1, 0.15) is 13.3 Å². The fourth-order valence-corrected chi connectivity index (χ4v) is 0.931. The van der Waals surface area contributed by atoms with Crippen molar-refractivity contribution in [3.05, 3.63) is 24.4 Å². The zero-order valence-corrected chi connectivity index (χ0v) is 7.28. The van der Waals surface area contributed by atoms with Crippen LogP contribution >= 0.6 is 0 Å². The van der Waals surface area contributed by atoms with Gasteiger partial charge in [-0.05, 0) is 18.4 Å². The van der Waals surface area contributed by atoms with Crippen molar-refractivity contribution in [1.29, 1.82) is 0 Å². The third-order valence-electron chi connectivity index (χ3n) is 1.59. The second-order valence-electron chi connectivity index (χ2n) is 2.80. The zero-order valence-electron chi connectivity index (χ0n) is 7.28. The van der Waals surface area contributed by atoms with E-state index >= 15 is 0 Å². The number of halogens is 2. The molecule has 0 saturated carbocycles. The van der Waals surface area contributed by atoms with Crippen LogP contribution in [0.4, 0.5) is 8.78 Å². The lowest BCUT2D eigenvalue weighted by Gasteiger charge is -2.06. The molecule has 13 heavy (non-hydrogen) atoms. The van der Waals surface area contributed by atoms with Crippen molar-refractivity contribution in [2.75, 3.05) is 0 Å². The second-order valence-corrected chi connectivity index (χ2v) is 2.80. The van der Waals surface area contributed by atoms with E-state index < -0.39 is 6.61 Å². The minimum Gasteiger partial charge on any atom is -0.417 e. The summed E-state index contributed by atoms with van der Waals surface area (Å²) in [5, 5.41) is 0. The summed E-state index contributed by atoms with van der Waals surface area (Å²) in [5.41, 5.74) is 0.